The second-order valence-electron chi connectivity index (χ2n) is 25.9. The van der Waals surface area contributed by atoms with Crippen LogP contribution in [-0.2, 0) is 65.4 Å². The zero-order chi connectivity index (χ0) is 71.8. The summed E-state index contributed by atoms with van der Waals surface area (Å²) in [5, 5.41) is 10.6. The maximum Gasteiger partial charge on any atom is 0.472 e. The minimum atomic E-state index is -4.98. The number of carbonyl (C=O) groups is 4. The van der Waals surface area contributed by atoms with Crippen LogP contribution < -0.4 is 0 Å². The van der Waals surface area contributed by atoms with E-state index in [0.29, 0.717) is 32.1 Å². The van der Waals surface area contributed by atoms with Gasteiger partial charge < -0.3 is 33.8 Å². The van der Waals surface area contributed by atoms with Crippen LogP contribution in [0.4, 0.5) is 0 Å². The molecule has 0 aromatic rings. The molecule has 0 aromatic heterocycles. The second kappa shape index (κ2) is 71.6. The molecule has 0 spiro atoms. The van der Waals surface area contributed by atoms with Crippen molar-refractivity contribution in [3.8, 4) is 0 Å². The van der Waals surface area contributed by atoms with E-state index in [1.165, 1.54) is 109 Å². The Kier molecular flexibility index (Phi) is 68.9. The van der Waals surface area contributed by atoms with Crippen molar-refractivity contribution in [2.75, 3.05) is 39.6 Å². The third-order valence-corrected chi connectivity index (χ3v) is 18.2. The molecule has 0 bridgehead atoms. The Labute approximate surface area is 595 Å². The van der Waals surface area contributed by atoms with Crippen molar-refractivity contribution >= 4 is 39.5 Å². The molecule has 0 aliphatic heterocycles. The smallest absolute Gasteiger partial charge is 0.462 e. The average Bonchev–Trinajstić information content (AvgIpc) is 0.969. The summed E-state index contributed by atoms with van der Waals surface area (Å²) in [4.78, 5) is 72.8. The number of ether oxygens (including phenoxy) is 4. The summed E-state index contributed by atoms with van der Waals surface area (Å²) in [6.07, 6.45) is 72.9. The highest BCUT2D eigenvalue weighted by Crippen LogP contribution is 2.45. The zero-order valence-corrected chi connectivity index (χ0v) is 63.7. The van der Waals surface area contributed by atoms with Gasteiger partial charge in [-0.3, -0.25) is 37.3 Å². The fourth-order valence-corrected chi connectivity index (χ4v) is 11.9. The average molecular weight is 1420 g/mol. The minimum absolute atomic E-state index is 0.0743. The van der Waals surface area contributed by atoms with E-state index in [1.54, 1.807) is 0 Å². The molecule has 0 aromatic carbocycles. The van der Waals surface area contributed by atoms with Gasteiger partial charge in [-0.1, -0.05) is 254 Å². The Balaban J connectivity index is 5.38. The van der Waals surface area contributed by atoms with Crippen LogP contribution in [0.5, 0.6) is 0 Å². The molecule has 2 unspecified atom stereocenters. The number of rotatable bonds is 73. The molecule has 17 nitrogen and oxygen atoms in total. The first-order valence-electron chi connectivity index (χ1n) is 38.8. The van der Waals surface area contributed by atoms with E-state index in [2.05, 4.69) is 101 Å². The normalized spacial score (nSPS) is 14.4. The number of phosphoric acid groups is 2. The number of aliphatic hydroxyl groups excluding tert-OH is 1. The zero-order valence-electron chi connectivity index (χ0n) is 62.0. The summed E-state index contributed by atoms with van der Waals surface area (Å²) in [6.45, 7) is 4.75. The van der Waals surface area contributed by atoms with Crippen molar-refractivity contribution in [3.63, 3.8) is 0 Å². The number of hydrogen-bond donors (Lipinski definition) is 3. The number of allylic oxidation sites excluding steroid dienone is 14. The maximum absolute atomic E-state index is 13.1. The fraction of sp³-hybridized carbons (Fsp3) is 0.772. The summed E-state index contributed by atoms with van der Waals surface area (Å²) in [5.41, 5.74) is 0. The molecular weight excluding hydrogens is 1280 g/mol. The molecular formula is C79H140O17P2. The monoisotopic (exact) mass is 1420 g/mol. The van der Waals surface area contributed by atoms with Gasteiger partial charge >= 0.3 is 39.5 Å². The van der Waals surface area contributed by atoms with E-state index in [0.717, 1.165) is 141 Å². The summed E-state index contributed by atoms with van der Waals surface area (Å²) < 4.78 is 68.4. The van der Waals surface area contributed by atoms with E-state index in [4.69, 9.17) is 37.0 Å². The van der Waals surface area contributed by atoms with Gasteiger partial charge in [-0.2, -0.15) is 0 Å². The third-order valence-electron chi connectivity index (χ3n) is 16.3. The molecule has 0 radical (unpaired) electrons. The molecule has 0 heterocycles. The summed E-state index contributed by atoms with van der Waals surface area (Å²) >= 11 is 0. The summed E-state index contributed by atoms with van der Waals surface area (Å²) in [6, 6.07) is 0. The van der Waals surface area contributed by atoms with E-state index in [-0.39, 0.29) is 25.7 Å². The summed E-state index contributed by atoms with van der Waals surface area (Å²) in [7, 11) is -9.96. The van der Waals surface area contributed by atoms with Crippen LogP contribution in [0.1, 0.15) is 336 Å². The predicted molar refractivity (Wildman–Crippen MR) is 399 cm³/mol. The lowest BCUT2D eigenvalue weighted by atomic mass is 10.1. The van der Waals surface area contributed by atoms with Gasteiger partial charge in [-0.05, 0) is 141 Å². The number of aliphatic hydroxyl groups is 1. The van der Waals surface area contributed by atoms with E-state index < -0.39 is 97.5 Å². The molecule has 3 N–H and O–H groups in total. The molecule has 19 heteroatoms. The highest BCUT2D eigenvalue weighted by Gasteiger charge is 2.30. The Morgan fingerprint density at radius 1 is 0.286 bits per heavy atom. The quantitative estimate of drug-likeness (QED) is 0.0169. The predicted octanol–water partition coefficient (Wildman–Crippen LogP) is 22.2. The molecule has 5 atom stereocenters. The molecule has 0 aliphatic carbocycles. The van der Waals surface area contributed by atoms with Gasteiger partial charge in [-0.25, -0.2) is 9.13 Å². The number of esters is 4. The van der Waals surface area contributed by atoms with Crippen molar-refractivity contribution in [2.45, 2.75) is 354 Å². The Bertz CT molecular complexity index is 2190. The van der Waals surface area contributed by atoms with Crippen LogP contribution in [-0.4, -0.2) is 96.7 Å². The number of unbranched alkanes of at least 4 members (excludes halogenated alkanes) is 33. The van der Waals surface area contributed by atoms with Crippen LogP contribution >= 0.6 is 15.6 Å². The number of phosphoric ester groups is 2. The Hall–Kier alpha value is -3.76. The van der Waals surface area contributed by atoms with E-state index in [9.17, 15) is 43.2 Å². The lowest BCUT2D eigenvalue weighted by Gasteiger charge is -2.21. The van der Waals surface area contributed by atoms with Crippen LogP contribution in [0.25, 0.3) is 0 Å². The first-order chi connectivity index (χ1) is 47.7. The standard InChI is InChI=1S/C79H140O17P2/c1-5-9-13-17-21-25-29-33-35-36-38-42-44-48-52-56-60-64-77(82)90-70-75(96-79(84)66-62-58-54-50-46-40-32-28-24-20-16-12-8-4)72-94-98(87,88)92-68-73(80)67-91-97(85,86)93-71-74(95-78(83)65-61-57-53-49-45-39-31-27-23-19-15-11-7-3)69-89-76(81)63-59-55-51-47-43-41-37-34-30-26-22-18-14-10-6-2/h21,25-28,30-33,35,38,42,48,52,73-75,80H,5-20,22-24,29,34,36-37,39-41,43-47,49-51,53-72H2,1-4H3,(H,85,86)(H,87,88)/b25-21-,30-26-,31-27-,32-28-,35-33-,42-38-,52-48-/t73-,74+,75+/m0/s1. The van der Waals surface area contributed by atoms with Crippen molar-refractivity contribution in [2.24, 2.45) is 0 Å². The first-order valence-corrected chi connectivity index (χ1v) is 41.8. The molecule has 0 aliphatic rings. The van der Waals surface area contributed by atoms with Gasteiger partial charge in [0.05, 0.1) is 26.4 Å². The molecule has 0 saturated heterocycles. The fourth-order valence-electron chi connectivity index (χ4n) is 10.3. The van der Waals surface area contributed by atoms with Crippen LogP contribution in [0, 0.1) is 0 Å². The van der Waals surface area contributed by atoms with Gasteiger partial charge in [0.1, 0.15) is 19.3 Å². The minimum Gasteiger partial charge on any atom is -0.462 e. The highest BCUT2D eigenvalue weighted by atomic mass is 31.2. The first kappa shape index (κ1) is 94.2. The van der Waals surface area contributed by atoms with Gasteiger partial charge in [0.25, 0.3) is 0 Å². The lowest BCUT2D eigenvalue weighted by molar-refractivity contribution is -0.161. The van der Waals surface area contributed by atoms with E-state index >= 15 is 0 Å². The SMILES string of the molecule is CCCCC/C=C\C/C=C\C/C=C\C/C=C\CCCC(=O)OC[C@H](COP(=O)(O)OC[C@@H](O)COP(=O)(O)OC[C@@H](COC(=O)CCCCCCCCC/C=C\CCCCCC)OC(=O)CCCCCCC/C=C\CCCCCC)OC(=O)CCCCCCC/C=C\CCCCCC. The molecule has 568 valence electrons. The molecule has 0 rings (SSSR count). The van der Waals surface area contributed by atoms with Crippen molar-refractivity contribution in [3.05, 3.63) is 85.1 Å². The second-order valence-corrected chi connectivity index (χ2v) is 28.8. The van der Waals surface area contributed by atoms with Gasteiger partial charge in [0, 0.05) is 25.7 Å². The number of carbonyl (C=O) groups excluding carboxylic acids is 4. The topological polar surface area (TPSA) is 237 Å². The van der Waals surface area contributed by atoms with Gasteiger partial charge in [0.15, 0.2) is 12.2 Å². The molecule has 0 saturated carbocycles. The van der Waals surface area contributed by atoms with Crippen LogP contribution in [0.2, 0.25) is 0 Å². The molecule has 0 fully saturated rings. The van der Waals surface area contributed by atoms with E-state index in [1.807, 2.05) is 12.2 Å². The maximum atomic E-state index is 13.1. The Morgan fingerprint density at radius 3 is 0.837 bits per heavy atom. The molecule has 98 heavy (non-hydrogen) atoms. The lowest BCUT2D eigenvalue weighted by Crippen LogP contribution is -2.30. The largest absolute Gasteiger partial charge is 0.472 e. The van der Waals surface area contributed by atoms with Gasteiger partial charge in [0.2, 0.25) is 0 Å². The van der Waals surface area contributed by atoms with Crippen molar-refractivity contribution < 1.29 is 80.2 Å². The third kappa shape index (κ3) is 70.7. The Morgan fingerprint density at radius 2 is 0.510 bits per heavy atom. The van der Waals surface area contributed by atoms with Gasteiger partial charge in [-0.15, -0.1) is 0 Å². The van der Waals surface area contributed by atoms with Crippen LogP contribution in [0.3, 0.4) is 0 Å². The van der Waals surface area contributed by atoms with Crippen LogP contribution in [0.15, 0.2) is 85.1 Å². The molecule has 0 amide bonds. The number of hydrogen-bond acceptors (Lipinski definition) is 15. The highest BCUT2D eigenvalue weighted by molar-refractivity contribution is 7.47. The summed E-state index contributed by atoms with van der Waals surface area (Å²) in [5.74, 6) is -2.25. The van der Waals surface area contributed by atoms with Crippen molar-refractivity contribution in [1.82, 2.24) is 0 Å². The van der Waals surface area contributed by atoms with Crippen molar-refractivity contribution in [1.29, 1.82) is 0 Å².